The summed E-state index contributed by atoms with van der Waals surface area (Å²) in [6.45, 7) is 4.95. The Labute approximate surface area is 145 Å². The van der Waals surface area contributed by atoms with Crippen molar-refractivity contribution in [2.24, 2.45) is 0 Å². The van der Waals surface area contributed by atoms with Crippen LogP contribution in [0, 0.1) is 0 Å². The molecule has 3 heterocycles. The van der Waals surface area contributed by atoms with E-state index in [-0.39, 0.29) is 0 Å². The first-order chi connectivity index (χ1) is 11.9. The van der Waals surface area contributed by atoms with Gasteiger partial charge in [0.2, 0.25) is 0 Å². The summed E-state index contributed by atoms with van der Waals surface area (Å²) in [4.78, 5) is 9.11. The van der Waals surface area contributed by atoms with E-state index in [0.29, 0.717) is 0 Å². The van der Waals surface area contributed by atoms with Crippen LogP contribution in [0.15, 0.2) is 53.4 Å². The van der Waals surface area contributed by atoms with E-state index in [1.54, 1.807) is 11.3 Å². The van der Waals surface area contributed by atoms with Gasteiger partial charge in [-0.15, -0.1) is 21.5 Å². The molecule has 0 saturated carbocycles. The Kier molecular flexibility index (Phi) is 4.49. The number of hydrogen-bond donors (Lipinski definition) is 0. The number of piperazine rings is 1. The first-order valence-electron chi connectivity index (χ1n) is 8.12. The van der Waals surface area contributed by atoms with Crippen molar-refractivity contribution >= 4 is 17.2 Å². The van der Waals surface area contributed by atoms with Crippen LogP contribution in [0.3, 0.4) is 0 Å². The Morgan fingerprint density at radius 3 is 2.42 bits per heavy atom. The topological polar surface area (TPSA) is 45.2 Å². The van der Waals surface area contributed by atoms with Crippen molar-refractivity contribution in [3.8, 4) is 11.3 Å². The smallest absolute Gasteiger partial charge is 0.151 e. The second-order valence-electron chi connectivity index (χ2n) is 5.89. The minimum atomic E-state index is 0.918. The zero-order chi connectivity index (χ0) is 16.2. The van der Waals surface area contributed by atoms with Crippen molar-refractivity contribution in [2.75, 3.05) is 31.1 Å². The van der Waals surface area contributed by atoms with Gasteiger partial charge in [-0.2, -0.15) is 0 Å². The van der Waals surface area contributed by atoms with E-state index >= 15 is 0 Å². The van der Waals surface area contributed by atoms with E-state index < -0.39 is 0 Å². The Hall–Kier alpha value is -2.31. The molecule has 0 amide bonds. The third kappa shape index (κ3) is 3.44. The molecule has 0 aliphatic carbocycles. The summed E-state index contributed by atoms with van der Waals surface area (Å²) in [7, 11) is 0. The van der Waals surface area contributed by atoms with Crippen LogP contribution in [0.25, 0.3) is 11.3 Å². The SMILES string of the molecule is c1ccc(-c2ccc(N3CCN(Cc4cscn4)CC3)nn2)cc1. The highest BCUT2D eigenvalue weighted by atomic mass is 32.1. The van der Waals surface area contributed by atoms with E-state index in [9.17, 15) is 0 Å². The van der Waals surface area contributed by atoms with Gasteiger partial charge in [0, 0.05) is 43.7 Å². The number of benzene rings is 1. The molecule has 0 unspecified atom stereocenters. The molecule has 122 valence electrons. The third-order valence-corrected chi connectivity index (χ3v) is 4.92. The van der Waals surface area contributed by atoms with E-state index in [2.05, 4.69) is 54.6 Å². The number of anilines is 1. The van der Waals surface area contributed by atoms with Gasteiger partial charge in [-0.05, 0) is 12.1 Å². The average molecular weight is 337 g/mol. The van der Waals surface area contributed by atoms with Crippen LogP contribution in [0.5, 0.6) is 0 Å². The Bertz CT molecular complexity index is 750. The fourth-order valence-corrected chi connectivity index (χ4v) is 3.49. The lowest BCUT2D eigenvalue weighted by atomic mass is 10.1. The first-order valence-corrected chi connectivity index (χ1v) is 9.06. The summed E-state index contributed by atoms with van der Waals surface area (Å²) >= 11 is 1.66. The summed E-state index contributed by atoms with van der Waals surface area (Å²) in [6, 6.07) is 14.3. The van der Waals surface area contributed by atoms with Crippen molar-refractivity contribution in [3.63, 3.8) is 0 Å². The summed E-state index contributed by atoms with van der Waals surface area (Å²) in [5, 5.41) is 10.9. The van der Waals surface area contributed by atoms with Gasteiger partial charge in [0.15, 0.2) is 5.82 Å². The molecular weight excluding hydrogens is 318 g/mol. The van der Waals surface area contributed by atoms with Crippen molar-refractivity contribution in [1.82, 2.24) is 20.1 Å². The molecule has 24 heavy (non-hydrogen) atoms. The maximum absolute atomic E-state index is 4.43. The largest absolute Gasteiger partial charge is 0.353 e. The predicted molar refractivity (Wildman–Crippen MR) is 97.1 cm³/mol. The maximum atomic E-state index is 4.43. The molecule has 5 nitrogen and oxygen atoms in total. The summed E-state index contributed by atoms with van der Waals surface area (Å²) in [5.41, 5.74) is 5.08. The molecule has 0 N–H and O–H groups in total. The normalized spacial score (nSPS) is 15.6. The Morgan fingerprint density at radius 1 is 0.917 bits per heavy atom. The van der Waals surface area contributed by atoms with E-state index in [0.717, 1.165) is 49.8 Å². The van der Waals surface area contributed by atoms with Crippen LogP contribution in [-0.4, -0.2) is 46.3 Å². The molecule has 4 rings (SSSR count). The van der Waals surface area contributed by atoms with Gasteiger partial charge in [-0.3, -0.25) is 4.90 Å². The molecule has 0 bridgehead atoms. The molecule has 6 heteroatoms. The minimum absolute atomic E-state index is 0.918. The number of thiazole rings is 1. The second-order valence-corrected chi connectivity index (χ2v) is 6.60. The molecule has 1 aromatic carbocycles. The van der Waals surface area contributed by atoms with Gasteiger partial charge in [0.05, 0.1) is 16.9 Å². The van der Waals surface area contributed by atoms with Gasteiger partial charge in [0.1, 0.15) is 0 Å². The van der Waals surface area contributed by atoms with Gasteiger partial charge in [-0.25, -0.2) is 4.98 Å². The van der Waals surface area contributed by atoms with Crippen LogP contribution in [0.4, 0.5) is 5.82 Å². The zero-order valence-corrected chi connectivity index (χ0v) is 14.2. The highest BCUT2D eigenvalue weighted by Crippen LogP contribution is 2.19. The monoisotopic (exact) mass is 337 g/mol. The Balaban J connectivity index is 1.37. The quantitative estimate of drug-likeness (QED) is 0.732. The molecule has 1 fully saturated rings. The lowest BCUT2D eigenvalue weighted by Gasteiger charge is -2.34. The van der Waals surface area contributed by atoms with Crippen molar-refractivity contribution in [2.45, 2.75) is 6.54 Å². The average Bonchev–Trinajstić information content (AvgIpc) is 3.16. The first kappa shape index (κ1) is 15.2. The molecule has 1 aliphatic heterocycles. The Morgan fingerprint density at radius 2 is 1.75 bits per heavy atom. The van der Waals surface area contributed by atoms with Crippen LogP contribution < -0.4 is 4.90 Å². The summed E-state index contributed by atoms with van der Waals surface area (Å²) < 4.78 is 0. The van der Waals surface area contributed by atoms with Gasteiger partial charge >= 0.3 is 0 Å². The molecule has 0 atom stereocenters. The molecule has 1 aliphatic rings. The van der Waals surface area contributed by atoms with Crippen LogP contribution >= 0.6 is 11.3 Å². The van der Waals surface area contributed by atoms with E-state index in [1.165, 1.54) is 5.69 Å². The molecule has 0 radical (unpaired) electrons. The van der Waals surface area contributed by atoms with E-state index in [1.807, 2.05) is 23.7 Å². The molecule has 3 aromatic rings. The van der Waals surface area contributed by atoms with Crippen LogP contribution in [-0.2, 0) is 6.54 Å². The van der Waals surface area contributed by atoms with Crippen molar-refractivity contribution in [1.29, 1.82) is 0 Å². The molecule has 1 saturated heterocycles. The fourth-order valence-electron chi connectivity index (χ4n) is 2.94. The van der Waals surface area contributed by atoms with Crippen molar-refractivity contribution < 1.29 is 0 Å². The highest BCUT2D eigenvalue weighted by Gasteiger charge is 2.19. The van der Waals surface area contributed by atoms with Gasteiger partial charge < -0.3 is 4.90 Å². The van der Waals surface area contributed by atoms with Crippen LogP contribution in [0.2, 0.25) is 0 Å². The molecule has 0 spiro atoms. The second kappa shape index (κ2) is 7.07. The van der Waals surface area contributed by atoms with Gasteiger partial charge in [0.25, 0.3) is 0 Å². The third-order valence-electron chi connectivity index (χ3n) is 4.29. The number of rotatable bonds is 4. The number of aromatic nitrogens is 3. The lowest BCUT2D eigenvalue weighted by molar-refractivity contribution is 0.247. The number of nitrogens with zero attached hydrogens (tertiary/aromatic N) is 5. The molecule has 2 aromatic heterocycles. The standard InChI is InChI=1S/C18H19N5S/c1-2-4-15(5-3-1)17-6-7-18(21-20-17)23-10-8-22(9-11-23)12-16-13-24-14-19-16/h1-7,13-14H,8-12H2. The van der Waals surface area contributed by atoms with Crippen LogP contribution in [0.1, 0.15) is 5.69 Å². The maximum Gasteiger partial charge on any atom is 0.151 e. The summed E-state index contributed by atoms with van der Waals surface area (Å²) in [6.07, 6.45) is 0. The van der Waals surface area contributed by atoms with E-state index in [4.69, 9.17) is 0 Å². The highest BCUT2D eigenvalue weighted by molar-refractivity contribution is 7.07. The molecular formula is C18H19N5S. The zero-order valence-electron chi connectivity index (χ0n) is 13.4. The predicted octanol–water partition coefficient (Wildman–Crippen LogP) is 2.92. The number of hydrogen-bond acceptors (Lipinski definition) is 6. The van der Waals surface area contributed by atoms with Crippen molar-refractivity contribution in [3.05, 3.63) is 59.0 Å². The fraction of sp³-hybridized carbons (Fsp3) is 0.278. The minimum Gasteiger partial charge on any atom is -0.353 e. The summed E-state index contributed by atoms with van der Waals surface area (Å²) in [5.74, 6) is 0.961. The van der Waals surface area contributed by atoms with Gasteiger partial charge in [-0.1, -0.05) is 30.3 Å². The lowest BCUT2D eigenvalue weighted by Crippen LogP contribution is -2.46.